The first kappa shape index (κ1) is 11.8. The minimum absolute atomic E-state index is 0.0270. The highest BCUT2D eigenvalue weighted by Gasteiger charge is 2.23. The van der Waals surface area contributed by atoms with Crippen LogP contribution in [0.25, 0.3) is 0 Å². The summed E-state index contributed by atoms with van der Waals surface area (Å²) in [6, 6.07) is 0.734. The van der Waals surface area contributed by atoms with Gasteiger partial charge in [-0.3, -0.25) is 4.79 Å². The number of nitrogens with one attached hydrogen (secondary N) is 1. The van der Waals surface area contributed by atoms with Gasteiger partial charge < -0.3 is 10.2 Å². The number of nitrogens with zero attached hydrogens (tertiary/aromatic N) is 2. The highest BCUT2D eigenvalue weighted by atomic mass is 19.1. The monoisotopic (exact) mass is 241 g/mol. The maximum atomic E-state index is 13.3. The molecular formula is C11H13F2N3O. The molecule has 1 fully saturated rings. The molecule has 1 amide bonds. The van der Waals surface area contributed by atoms with E-state index >= 15 is 0 Å². The summed E-state index contributed by atoms with van der Waals surface area (Å²) in [5.74, 6) is -1.32. The topological polar surface area (TPSA) is 45.2 Å². The number of hydrogen-bond acceptors (Lipinski definition) is 3. The number of carbonyl (C=O) groups is 1. The molecule has 92 valence electrons. The number of carbonyl (C=O) groups excluding carboxylic acids is 1. The van der Waals surface area contributed by atoms with Gasteiger partial charge in [-0.2, -0.15) is 0 Å². The minimum Gasteiger partial charge on any atom is -0.363 e. The van der Waals surface area contributed by atoms with Gasteiger partial charge >= 0.3 is 0 Å². The first-order chi connectivity index (χ1) is 8.06. The maximum Gasteiger partial charge on any atom is 0.222 e. The zero-order valence-electron chi connectivity index (χ0n) is 9.41. The fourth-order valence-corrected chi connectivity index (χ4v) is 1.84. The number of piperidine rings is 1. The molecule has 0 spiro atoms. The van der Waals surface area contributed by atoms with Crippen molar-refractivity contribution >= 4 is 11.7 Å². The Kier molecular flexibility index (Phi) is 3.21. The van der Waals surface area contributed by atoms with Crippen molar-refractivity contribution < 1.29 is 13.6 Å². The molecule has 1 saturated heterocycles. The summed E-state index contributed by atoms with van der Waals surface area (Å²) in [6.45, 7) is 0.497. The fourth-order valence-electron chi connectivity index (χ4n) is 1.84. The van der Waals surface area contributed by atoms with Crippen LogP contribution in [-0.2, 0) is 4.79 Å². The molecule has 17 heavy (non-hydrogen) atoms. The third-order valence-corrected chi connectivity index (χ3v) is 2.78. The number of anilines is 1. The number of halogens is 2. The second-order valence-corrected chi connectivity index (χ2v) is 4.14. The molecule has 0 radical (unpaired) electrons. The van der Waals surface area contributed by atoms with Crippen LogP contribution in [0.4, 0.5) is 14.6 Å². The second-order valence-electron chi connectivity index (χ2n) is 4.14. The van der Waals surface area contributed by atoms with Crippen LogP contribution < -0.4 is 5.32 Å². The van der Waals surface area contributed by atoms with E-state index in [2.05, 4.69) is 10.3 Å². The molecule has 1 aliphatic heterocycles. The molecule has 1 aromatic heterocycles. The molecule has 1 aliphatic rings. The predicted octanol–water partition coefficient (Wildman–Crippen LogP) is 1.39. The molecule has 0 saturated carbocycles. The normalized spacial score (nSPS) is 20.5. The largest absolute Gasteiger partial charge is 0.363 e. The van der Waals surface area contributed by atoms with E-state index in [0.717, 1.165) is 12.3 Å². The molecule has 2 rings (SSSR count). The number of pyridine rings is 1. The van der Waals surface area contributed by atoms with Crippen molar-refractivity contribution in [3.05, 3.63) is 23.9 Å². The zero-order chi connectivity index (χ0) is 12.4. The molecule has 0 aliphatic carbocycles. The highest BCUT2D eigenvalue weighted by Crippen LogP contribution is 2.17. The molecule has 1 aromatic rings. The van der Waals surface area contributed by atoms with E-state index < -0.39 is 11.6 Å². The number of rotatable bonds is 2. The third kappa shape index (κ3) is 2.69. The van der Waals surface area contributed by atoms with Crippen molar-refractivity contribution in [2.24, 2.45) is 0 Å². The standard InChI is InChI=1S/C11H13F2N3O/c1-16-6-8(2-3-10(16)17)15-11-9(13)4-7(12)5-14-11/h4-5,8H,2-3,6H2,1H3,(H,14,15). The number of likely N-dealkylation sites (N-methyl/N-ethyl adjacent to an activating group) is 1. The summed E-state index contributed by atoms with van der Waals surface area (Å²) in [4.78, 5) is 16.5. The first-order valence-corrected chi connectivity index (χ1v) is 5.38. The smallest absolute Gasteiger partial charge is 0.222 e. The summed E-state index contributed by atoms with van der Waals surface area (Å²) in [5.41, 5.74) is 0. The van der Waals surface area contributed by atoms with Crippen molar-refractivity contribution in [1.82, 2.24) is 9.88 Å². The Balaban J connectivity index is 2.03. The number of aromatic nitrogens is 1. The molecule has 1 atom stereocenters. The average Bonchev–Trinajstić information content (AvgIpc) is 2.27. The molecule has 1 unspecified atom stereocenters. The van der Waals surface area contributed by atoms with Crippen LogP contribution in [-0.4, -0.2) is 35.4 Å². The second kappa shape index (κ2) is 4.65. The Morgan fingerprint density at radius 3 is 2.94 bits per heavy atom. The molecule has 2 heterocycles. The Morgan fingerprint density at radius 1 is 1.53 bits per heavy atom. The number of likely N-dealkylation sites (tertiary alicyclic amines) is 1. The van der Waals surface area contributed by atoms with Crippen LogP contribution in [0.3, 0.4) is 0 Å². The van der Waals surface area contributed by atoms with Gasteiger partial charge in [-0.15, -0.1) is 0 Å². The molecule has 6 heteroatoms. The van der Waals surface area contributed by atoms with Gasteiger partial charge in [0.25, 0.3) is 0 Å². The molecule has 1 N–H and O–H groups in total. The van der Waals surface area contributed by atoms with Crippen LogP contribution in [0, 0.1) is 11.6 Å². The van der Waals surface area contributed by atoms with Crippen LogP contribution in [0.2, 0.25) is 0 Å². The van der Waals surface area contributed by atoms with E-state index in [1.165, 1.54) is 0 Å². The highest BCUT2D eigenvalue weighted by molar-refractivity contribution is 5.77. The number of hydrogen-bond donors (Lipinski definition) is 1. The van der Waals surface area contributed by atoms with E-state index in [0.29, 0.717) is 19.4 Å². The summed E-state index contributed by atoms with van der Waals surface area (Å²) in [5, 5.41) is 2.88. The van der Waals surface area contributed by atoms with Gasteiger partial charge in [0.05, 0.1) is 6.20 Å². The lowest BCUT2D eigenvalue weighted by molar-refractivity contribution is -0.132. The Labute approximate surface area is 97.6 Å². The van der Waals surface area contributed by atoms with E-state index in [1.807, 2.05) is 0 Å². The summed E-state index contributed by atoms with van der Waals surface area (Å²) in [6.07, 6.45) is 2.02. The van der Waals surface area contributed by atoms with E-state index in [1.54, 1.807) is 11.9 Å². The lowest BCUT2D eigenvalue weighted by Gasteiger charge is -2.30. The summed E-state index contributed by atoms with van der Waals surface area (Å²) < 4.78 is 26.0. The van der Waals surface area contributed by atoms with Gasteiger partial charge in [0.1, 0.15) is 5.82 Å². The molecule has 4 nitrogen and oxygen atoms in total. The van der Waals surface area contributed by atoms with Gasteiger partial charge in [0, 0.05) is 32.1 Å². The van der Waals surface area contributed by atoms with Crippen LogP contribution >= 0.6 is 0 Å². The summed E-state index contributed by atoms with van der Waals surface area (Å²) >= 11 is 0. The zero-order valence-corrected chi connectivity index (χ0v) is 9.41. The van der Waals surface area contributed by atoms with Crippen molar-refractivity contribution in [3.63, 3.8) is 0 Å². The lowest BCUT2D eigenvalue weighted by Crippen LogP contribution is -2.43. The predicted molar refractivity (Wildman–Crippen MR) is 58.4 cm³/mol. The van der Waals surface area contributed by atoms with Crippen molar-refractivity contribution in [2.75, 3.05) is 18.9 Å². The van der Waals surface area contributed by atoms with E-state index in [9.17, 15) is 13.6 Å². The van der Waals surface area contributed by atoms with Crippen molar-refractivity contribution in [2.45, 2.75) is 18.9 Å². The quantitative estimate of drug-likeness (QED) is 0.851. The van der Waals surface area contributed by atoms with Gasteiger partial charge in [-0.25, -0.2) is 13.8 Å². The van der Waals surface area contributed by atoms with Crippen molar-refractivity contribution in [1.29, 1.82) is 0 Å². The van der Waals surface area contributed by atoms with E-state index in [-0.39, 0.29) is 17.8 Å². The van der Waals surface area contributed by atoms with Crippen molar-refractivity contribution in [3.8, 4) is 0 Å². The Morgan fingerprint density at radius 2 is 2.29 bits per heavy atom. The molecular weight excluding hydrogens is 228 g/mol. The van der Waals surface area contributed by atoms with Gasteiger partial charge in [0.2, 0.25) is 5.91 Å². The molecule has 0 aromatic carbocycles. The molecule has 0 bridgehead atoms. The third-order valence-electron chi connectivity index (χ3n) is 2.78. The Bertz CT molecular complexity index is 439. The average molecular weight is 241 g/mol. The van der Waals surface area contributed by atoms with Crippen LogP contribution in [0.15, 0.2) is 12.3 Å². The summed E-state index contributed by atoms with van der Waals surface area (Å²) in [7, 11) is 1.70. The van der Waals surface area contributed by atoms with Gasteiger partial charge in [0.15, 0.2) is 11.6 Å². The van der Waals surface area contributed by atoms with Crippen LogP contribution in [0.5, 0.6) is 0 Å². The first-order valence-electron chi connectivity index (χ1n) is 5.38. The SMILES string of the molecule is CN1CC(Nc2ncc(F)cc2F)CCC1=O. The maximum absolute atomic E-state index is 13.3. The van der Waals surface area contributed by atoms with Gasteiger partial charge in [-0.05, 0) is 6.42 Å². The van der Waals surface area contributed by atoms with Crippen LogP contribution in [0.1, 0.15) is 12.8 Å². The van der Waals surface area contributed by atoms with Gasteiger partial charge in [-0.1, -0.05) is 0 Å². The lowest BCUT2D eigenvalue weighted by atomic mass is 10.1. The Hall–Kier alpha value is -1.72. The fraction of sp³-hybridized carbons (Fsp3) is 0.455. The minimum atomic E-state index is -0.718. The number of amides is 1. The van der Waals surface area contributed by atoms with E-state index in [4.69, 9.17) is 0 Å².